The van der Waals surface area contributed by atoms with E-state index >= 15 is 0 Å². The van der Waals surface area contributed by atoms with Crippen molar-refractivity contribution < 1.29 is 9.32 Å². The molecule has 0 heterocycles. The van der Waals surface area contributed by atoms with E-state index in [4.69, 9.17) is 4.53 Å². The van der Waals surface area contributed by atoms with E-state index in [0.717, 1.165) is 15.9 Å². The maximum Gasteiger partial charge on any atom is 0.296 e. The molecule has 3 aromatic rings. The molecule has 0 aliphatic rings. The summed E-state index contributed by atoms with van der Waals surface area (Å²) in [6.07, 6.45) is 1.12. The van der Waals surface area contributed by atoms with Gasteiger partial charge < -0.3 is 4.53 Å². The fourth-order valence-electron chi connectivity index (χ4n) is 3.93. The SMILES string of the molecule is CN(O[Si](c1ccccc1)(c1ccccc1)C(C)(C)C)C(=O)CCc1ccccc1. The van der Waals surface area contributed by atoms with Gasteiger partial charge in [0.25, 0.3) is 8.32 Å². The zero-order chi connectivity index (χ0) is 21.6. The van der Waals surface area contributed by atoms with E-state index in [2.05, 4.69) is 57.2 Å². The largest absolute Gasteiger partial charge is 0.305 e. The summed E-state index contributed by atoms with van der Waals surface area (Å²) in [5, 5.41) is 3.63. The minimum atomic E-state index is -2.78. The molecule has 3 nitrogen and oxygen atoms in total. The third-order valence-electron chi connectivity index (χ3n) is 5.51. The maximum absolute atomic E-state index is 13.0. The van der Waals surface area contributed by atoms with Gasteiger partial charge in [0.1, 0.15) is 0 Å². The molecule has 0 spiro atoms. The molecule has 0 aromatic heterocycles. The molecule has 0 saturated heterocycles. The normalized spacial score (nSPS) is 11.9. The Bertz CT molecular complexity index is 898. The average Bonchev–Trinajstić information content (AvgIpc) is 2.76. The number of hydrogen-bond donors (Lipinski definition) is 0. The Kier molecular flexibility index (Phi) is 6.90. The third-order valence-corrected chi connectivity index (χ3v) is 10.5. The standard InChI is InChI=1S/C26H31NO2Si/c1-26(2,3)30(23-16-10-6-11-17-23,24-18-12-7-13-19-24)29-27(4)25(28)21-20-22-14-8-5-9-15-22/h5-19H,20-21H2,1-4H3. The predicted octanol–water partition coefficient (Wildman–Crippen LogP) is 4.57. The van der Waals surface area contributed by atoms with E-state index in [1.165, 1.54) is 5.06 Å². The van der Waals surface area contributed by atoms with Crippen molar-refractivity contribution in [1.82, 2.24) is 5.06 Å². The maximum atomic E-state index is 13.0. The van der Waals surface area contributed by atoms with E-state index in [1.807, 2.05) is 54.6 Å². The fourth-order valence-corrected chi connectivity index (χ4v) is 8.32. The topological polar surface area (TPSA) is 29.5 Å². The van der Waals surface area contributed by atoms with Crippen LogP contribution in [0.1, 0.15) is 32.8 Å². The smallest absolute Gasteiger partial charge is 0.296 e. The van der Waals surface area contributed by atoms with Crippen LogP contribution in [0.15, 0.2) is 91.0 Å². The van der Waals surface area contributed by atoms with Crippen LogP contribution in [-0.2, 0) is 15.7 Å². The molecular weight excluding hydrogens is 386 g/mol. The third kappa shape index (κ3) is 4.72. The minimum Gasteiger partial charge on any atom is -0.305 e. The second-order valence-corrected chi connectivity index (χ2v) is 12.8. The van der Waals surface area contributed by atoms with Crippen molar-refractivity contribution in [1.29, 1.82) is 0 Å². The van der Waals surface area contributed by atoms with Crippen LogP contribution in [0, 0.1) is 0 Å². The molecule has 30 heavy (non-hydrogen) atoms. The lowest BCUT2D eigenvalue weighted by Gasteiger charge is -2.44. The number of hydrogen-bond acceptors (Lipinski definition) is 2. The number of aryl methyl sites for hydroxylation is 1. The van der Waals surface area contributed by atoms with Gasteiger partial charge in [-0.25, -0.2) is 5.06 Å². The first kappa shape index (κ1) is 22.0. The molecule has 4 heteroatoms. The first-order valence-electron chi connectivity index (χ1n) is 10.5. The Morgan fingerprint density at radius 2 is 1.23 bits per heavy atom. The zero-order valence-electron chi connectivity index (χ0n) is 18.3. The number of benzene rings is 3. The number of carbonyl (C=O) groups is 1. The first-order chi connectivity index (χ1) is 14.3. The molecule has 3 aromatic carbocycles. The van der Waals surface area contributed by atoms with Gasteiger partial charge in [0.2, 0.25) is 5.91 Å². The number of amides is 1. The fraction of sp³-hybridized carbons (Fsp3) is 0.269. The van der Waals surface area contributed by atoms with Crippen molar-refractivity contribution in [2.24, 2.45) is 0 Å². The van der Waals surface area contributed by atoms with Crippen LogP contribution in [-0.4, -0.2) is 26.3 Å². The number of carbonyl (C=O) groups excluding carboxylic acids is 1. The Hall–Kier alpha value is -2.69. The van der Waals surface area contributed by atoms with Crippen LogP contribution in [0.25, 0.3) is 0 Å². The lowest BCUT2D eigenvalue weighted by atomic mass is 10.1. The van der Waals surface area contributed by atoms with Crippen molar-refractivity contribution in [3.05, 3.63) is 96.6 Å². The summed E-state index contributed by atoms with van der Waals surface area (Å²) in [4.78, 5) is 13.0. The van der Waals surface area contributed by atoms with Crippen molar-refractivity contribution in [2.75, 3.05) is 7.05 Å². The predicted molar refractivity (Wildman–Crippen MR) is 126 cm³/mol. The summed E-state index contributed by atoms with van der Waals surface area (Å²) in [7, 11) is -1.02. The van der Waals surface area contributed by atoms with Crippen molar-refractivity contribution in [2.45, 2.75) is 38.7 Å². The molecular formula is C26H31NO2Si. The van der Waals surface area contributed by atoms with Gasteiger partial charge >= 0.3 is 0 Å². The molecule has 0 saturated carbocycles. The summed E-state index contributed by atoms with van der Waals surface area (Å²) in [6, 6.07) is 30.9. The Morgan fingerprint density at radius 3 is 1.67 bits per heavy atom. The highest BCUT2D eigenvalue weighted by Crippen LogP contribution is 2.37. The van der Waals surface area contributed by atoms with Crippen LogP contribution < -0.4 is 10.4 Å². The summed E-state index contributed by atoms with van der Waals surface area (Å²) in [5.74, 6) is -0.00756. The molecule has 156 valence electrons. The number of hydroxylamine groups is 2. The molecule has 0 aliphatic carbocycles. The molecule has 0 bridgehead atoms. The molecule has 0 radical (unpaired) electrons. The molecule has 3 rings (SSSR count). The van der Waals surface area contributed by atoms with Crippen LogP contribution in [0.5, 0.6) is 0 Å². The Labute approximate surface area is 181 Å². The summed E-state index contributed by atoms with van der Waals surface area (Å²) in [5.41, 5.74) is 1.16. The molecule has 0 atom stereocenters. The lowest BCUT2D eigenvalue weighted by Crippen LogP contribution is -2.68. The van der Waals surface area contributed by atoms with E-state index in [-0.39, 0.29) is 10.9 Å². The Morgan fingerprint density at radius 1 is 0.800 bits per heavy atom. The van der Waals surface area contributed by atoms with Gasteiger partial charge in [-0.15, -0.1) is 0 Å². The highest BCUT2D eigenvalue weighted by Gasteiger charge is 2.52. The van der Waals surface area contributed by atoms with Crippen molar-refractivity contribution >= 4 is 24.6 Å². The molecule has 0 N–H and O–H groups in total. The van der Waals surface area contributed by atoms with Gasteiger partial charge in [0.05, 0.1) is 0 Å². The summed E-state index contributed by atoms with van der Waals surface area (Å²) in [6.45, 7) is 6.63. The zero-order valence-corrected chi connectivity index (χ0v) is 19.3. The molecule has 0 unspecified atom stereocenters. The molecule has 1 amide bonds. The minimum absolute atomic E-state index is 0.00756. The van der Waals surface area contributed by atoms with Crippen molar-refractivity contribution in [3.8, 4) is 0 Å². The van der Waals surface area contributed by atoms with Gasteiger partial charge in [0, 0.05) is 13.5 Å². The van der Waals surface area contributed by atoms with Crippen molar-refractivity contribution in [3.63, 3.8) is 0 Å². The van der Waals surface area contributed by atoms with Gasteiger partial charge in [-0.2, -0.15) is 0 Å². The summed E-state index contributed by atoms with van der Waals surface area (Å²) < 4.78 is 6.75. The number of nitrogens with zero attached hydrogens (tertiary/aromatic N) is 1. The quantitative estimate of drug-likeness (QED) is 0.416. The lowest BCUT2D eigenvalue weighted by molar-refractivity contribution is -0.154. The van der Waals surface area contributed by atoms with E-state index < -0.39 is 8.32 Å². The average molecular weight is 418 g/mol. The highest BCUT2D eigenvalue weighted by atomic mass is 28.4. The van der Waals surface area contributed by atoms with Crippen LogP contribution in [0.2, 0.25) is 5.04 Å². The second kappa shape index (κ2) is 9.41. The molecule has 0 aliphatic heterocycles. The van der Waals surface area contributed by atoms with Gasteiger partial charge in [-0.3, -0.25) is 4.79 Å². The second-order valence-electron chi connectivity index (χ2n) is 8.63. The van der Waals surface area contributed by atoms with Gasteiger partial charge in [-0.05, 0) is 27.4 Å². The van der Waals surface area contributed by atoms with E-state index in [1.54, 1.807) is 7.05 Å². The van der Waals surface area contributed by atoms with Crippen LogP contribution in [0.3, 0.4) is 0 Å². The Balaban J connectivity index is 1.93. The number of rotatable bonds is 7. The summed E-state index contributed by atoms with van der Waals surface area (Å²) >= 11 is 0. The monoisotopic (exact) mass is 417 g/mol. The van der Waals surface area contributed by atoms with Gasteiger partial charge in [0.15, 0.2) is 0 Å². The van der Waals surface area contributed by atoms with Crippen LogP contribution >= 0.6 is 0 Å². The highest BCUT2D eigenvalue weighted by molar-refractivity contribution is 6.99. The van der Waals surface area contributed by atoms with E-state index in [9.17, 15) is 4.79 Å². The van der Waals surface area contributed by atoms with E-state index in [0.29, 0.717) is 12.8 Å². The first-order valence-corrected chi connectivity index (χ1v) is 12.4. The molecule has 0 fully saturated rings. The van der Waals surface area contributed by atoms with Gasteiger partial charge in [-0.1, -0.05) is 112 Å². The van der Waals surface area contributed by atoms with Crippen LogP contribution in [0.4, 0.5) is 0 Å².